The van der Waals surface area contributed by atoms with Crippen molar-refractivity contribution in [3.63, 3.8) is 0 Å². The first-order valence-electron chi connectivity index (χ1n) is 7.05. The second kappa shape index (κ2) is 6.30. The van der Waals surface area contributed by atoms with Gasteiger partial charge in [-0.25, -0.2) is 8.51 Å². The summed E-state index contributed by atoms with van der Waals surface area (Å²) in [4.78, 5) is 0. The summed E-state index contributed by atoms with van der Waals surface area (Å²) < 4.78 is 14.7. The molecule has 2 rings (SSSR count). The van der Waals surface area contributed by atoms with Crippen LogP contribution in [0.15, 0.2) is 0 Å². The average molecular weight is 258 g/mol. The van der Waals surface area contributed by atoms with Crippen molar-refractivity contribution in [2.75, 3.05) is 26.2 Å². The highest BCUT2D eigenvalue weighted by Gasteiger charge is 2.29. The Morgan fingerprint density at radius 2 is 1.71 bits per heavy atom. The van der Waals surface area contributed by atoms with E-state index in [1.165, 1.54) is 12.8 Å². The van der Waals surface area contributed by atoms with Crippen LogP contribution >= 0.6 is 0 Å². The quantitative estimate of drug-likeness (QED) is 0.837. The van der Waals surface area contributed by atoms with Crippen LogP contribution in [0.5, 0.6) is 0 Å². The van der Waals surface area contributed by atoms with Crippen molar-refractivity contribution in [2.45, 2.75) is 44.8 Å². The Hall–Kier alpha value is 0.0700. The molecule has 0 bridgehead atoms. The molecule has 4 heteroatoms. The number of piperidine rings is 2. The van der Waals surface area contributed by atoms with Crippen molar-refractivity contribution in [3.05, 3.63) is 0 Å². The molecular weight excluding hydrogens is 232 g/mol. The minimum Gasteiger partial charge on any atom is -0.317 e. The van der Waals surface area contributed by atoms with Crippen LogP contribution in [0.2, 0.25) is 0 Å². The predicted molar refractivity (Wildman–Crippen MR) is 73.2 cm³/mol. The first-order valence-corrected chi connectivity index (χ1v) is 8.22. The van der Waals surface area contributed by atoms with E-state index in [1.807, 2.05) is 0 Å². The molecule has 2 heterocycles. The summed E-state index contributed by atoms with van der Waals surface area (Å²) in [5, 5.41) is 3.75. The SMILES string of the molecule is CC(C)C1CCN(S(=O)C2CCNCC2)CC1. The Morgan fingerprint density at radius 3 is 2.24 bits per heavy atom. The predicted octanol–water partition coefficient (Wildman–Crippen LogP) is 1.77. The summed E-state index contributed by atoms with van der Waals surface area (Å²) in [7, 11) is -0.728. The van der Waals surface area contributed by atoms with Crippen molar-refractivity contribution >= 4 is 11.0 Å². The molecule has 2 fully saturated rings. The Bertz CT molecular complexity index is 256. The summed E-state index contributed by atoms with van der Waals surface area (Å²) in [6.45, 7) is 8.78. The van der Waals surface area contributed by atoms with Gasteiger partial charge in [0.15, 0.2) is 0 Å². The summed E-state index contributed by atoms with van der Waals surface area (Å²) >= 11 is 0. The van der Waals surface area contributed by atoms with Crippen molar-refractivity contribution in [2.24, 2.45) is 11.8 Å². The Morgan fingerprint density at radius 1 is 1.12 bits per heavy atom. The van der Waals surface area contributed by atoms with Crippen LogP contribution in [0, 0.1) is 11.8 Å². The van der Waals surface area contributed by atoms with Gasteiger partial charge in [0.2, 0.25) is 0 Å². The topological polar surface area (TPSA) is 32.3 Å². The lowest BCUT2D eigenvalue weighted by Gasteiger charge is -2.35. The van der Waals surface area contributed by atoms with Gasteiger partial charge in [0.25, 0.3) is 0 Å². The monoisotopic (exact) mass is 258 g/mol. The normalized spacial score (nSPS) is 27.5. The minimum absolute atomic E-state index is 0.409. The van der Waals surface area contributed by atoms with Crippen LogP contribution in [-0.4, -0.2) is 39.9 Å². The zero-order chi connectivity index (χ0) is 12.3. The molecule has 3 nitrogen and oxygen atoms in total. The first kappa shape index (κ1) is 13.5. The molecule has 100 valence electrons. The Kier molecular flexibility index (Phi) is 5.00. The largest absolute Gasteiger partial charge is 0.317 e. The second-order valence-electron chi connectivity index (χ2n) is 5.74. The standard InChI is InChI=1S/C13H26N2OS/c1-11(2)12-5-9-15(10-6-12)17(16)13-3-7-14-8-4-13/h11-14H,3-10H2,1-2H3. The van der Waals surface area contributed by atoms with Gasteiger partial charge < -0.3 is 5.32 Å². The minimum atomic E-state index is -0.728. The number of hydrogen-bond acceptors (Lipinski definition) is 2. The van der Waals surface area contributed by atoms with E-state index in [9.17, 15) is 4.21 Å². The van der Waals surface area contributed by atoms with Gasteiger partial charge >= 0.3 is 0 Å². The van der Waals surface area contributed by atoms with E-state index in [0.717, 1.165) is 50.9 Å². The Labute approximate surface area is 108 Å². The van der Waals surface area contributed by atoms with E-state index in [2.05, 4.69) is 23.5 Å². The van der Waals surface area contributed by atoms with E-state index < -0.39 is 11.0 Å². The Balaban J connectivity index is 1.81. The summed E-state index contributed by atoms with van der Waals surface area (Å²) in [6, 6.07) is 0. The molecule has 2 aliphatic heterocycles. The van der Waals surface area contributed by atoms with Crippen molar-refractivity contribution in [1.29, 1.82) is 0 Å². The molecule has 1 atom stereocenters. The molecule has 0 amide bonds. The number of rotatable bonds is 3. The fraction of sp³-hybridized carbons (Fsp3) is 1.00. The molecule has 0 saturated carbocycles. The summed E-state index contributed by atoms with van der Waals surface area (Å²) in [5.41, 5.74) is 0. The molecule has 0 spiro atoms. The lowest BCUT2D eigenvalue weighted by atomic mass is 9.87. The fourth-order valence-corrected chi connectivity index (χ4v) is 4.56. The lowest BCUT2D eigenvalue weighted by molar-refractivity contribution is 0.231. The van der Waals surface area contributed by atoms with Crippen LogP contribution in [0.25, 0.3) is 0 Å². The molecule has 2 saturated heterocycles. The van der Waals surface area contributed by atoms with Gasteiger partial charge in [-0.1, -0.05) is 13.8 Å². The maximum atomic E-state index is 12.4. The molecule has 0 aromatic carbocycles. The van der Waals surface area contributed by atoms with Crippen LogP contribution in [0.3, 0.4) is 0 Å². The van der Waals surface area contributed by atoms with Crippen molar-refractivity contribution < 1.29 is 4.21 Å². The molecule has 2 aliphatic rings. The average Bonchev–Trinajstić information content (AvgIpc) is 2.39. The van der Waals surface area contributed by atoms with Gasteiger partial charge in [-0.2, -0.15) is 0 Å². The van der Waals surface area contributed by atoms with Gasteiger partial charge in [0.1, 0.15) is 0 Å². The van der Waals surface area contributed by atoms with Crippen LogP contribution < -0.4 is 5.32 Å². The maximum absolute atomic E-state index is 12.4. The van der Waals surface area contributed by atoms with E-state index >= 15 is 0 Å². The number of nitrogens with zero attached hydrogens (tertiary/aromatic N) is 1. The second-order valence-corrected chi connectivity index (χ2v) is 7.47. The van der Waals surface area contributed by atoms with Crippen LogP contribution in [0.1, 0.15) is 39.5 Å². The third kappa shape index (κ3) is 3.52. The highest BCUT2D eigenvalue weighted by Crippen LogP contribution is 2.26. The summed E-state index contributed by atoms with van der Waals surface area (Å²) in [5.74, 6) is 1.63. The molecule has 17 heavy (non-hydrogen) atoms. The first-order chi connectivity index (χ1) is 8.18. The fourth-order valence-electron chi connectivity index (χ4n) is 2.93. The molecule has 0 aliphatic carbocycles. The van der Waals surface area contributed by atoms with Gasteiger partial charge in [0, 0.05) is 13.1 Å². The van der Waals surface area contributed by atoms with E-state index in [-0.39, 0.29) is 0 Å². The van der Waals surface area contributed by atoms with Crippen LogP contribution in [0.4, 0.5) is 0 Å². The van der Waals surface area contributed by atoms with E-state index in [4.69, 9.17) is 0 Å². The smallest absolute Gasteiger partial charge is 0.0975 e. The lowest BCUT2D eigenvalue weighted by Crippen LogP contribution is -2.43. The highest BCUT2D eigenvalue weighted by atomic mass is 32.2. The van der Waals surface area contributed by atoms with Gasteiger partial charge in [0.05, 0.1) is 16.2 Å². The zero-order valence-corrected chi connectivity index (χ0v) is 12.0. The molecule has 1 unspecified atom stereocenters. The van der Waals surface area contributed by atoms with Gasteiger partial charge in [-0.05, 0) is 50.6 Å². The van der Waals surface area contributed by atoms with Crippen molar-refractivity contribution in [3.8, 4) is 0 Å². The molecule has 1 N–H and O–H groups in total. The number of hydrogen-bond donors (Lipinski definition) is 1. The third-order valence-electron chi connectivity index (χ3n) is 4.27. The zero-order valence-electron chi connectivity index (χ0n) is 11.2. The van der Waals surface area contributed by atoms with E-state index in [0.29, 0.717) is 5.25 Å². The molecule has 0 aromatic heterocycles. The molecular formula is C13H26N2OS. The van der Waals surface area contributed by atoms with Gasteiger partial charge in [-0.15, -0.1) is 0 Å². The van der Waals surface area contributed by atoms with E-state index in [1.54, 1.807) is 0 Å². The van der Waals surface area contributed by atoms with Crippen molar-refractivity contribution in [1.82, 2.24) is 9.62 Å². The number of nitrogens with one attached hydrogen (secondary N) is 1. The molecule has 0 aromatic rings. The summed E-state index contributed by atoms with van der Waals surface area (Å²) in [6.07, 6.45) is 4.62. The molecule has 0 radical (unpaired) electrons. The third-order valence-corrected chi connectivity index (χ3v) is 6.18. The van der Waals surface area contributed by atoms with Crippen LogP contribution in [-0.2, 0) is 11.0 Å². The van der Waals surface area contributed by atoms with Gasteiger partial charge in [-0.3, -0.25) is 0 Å². The highest BCUT2D eigenvalue weighted by molar-refractivity contribution is 7.83. The maximum Gasteiger partial charge on any atom is 0.0975 e.